The molecule has 0 bridgehead atoms. The molecule has 1 atom stereocenters. The number of carbonyl (C=O) groups is 1. The maximum atomic E-state index is 13.8. The Morgan fingerprint density at radius 1 is 1.18 bits per heavy atom. The summed E-state index contributed by atoms with van der Waals surface area (Å²) in [6.45, 7) is 3.21. The predicted octanol–water partition coefficient (Wildman–Crippen LogP) is 3.21. The molecule has 1 amide bonds. The van der Waals surface area contributed by atoms with E-state index in [0.29, 0.717) is 13.1 Å². The van der Waals surface area contributed by atoms with Crippen molar-refractivity contribution >= 4 is 17.2 Å². The molecule has 6 nitrogen and oxygen atoms in total. The molecule has 0 saturated carbocycles. The van der Waals surface area contributed by atoms with Crippen LogP contribution in [-0.2, 0) is 4.79 Å². The number of carbonyl (C=O) groups excluding carboxylic acids is 1. The smallest absolute Gasteiger partial charge is 0.241 e. The van der Waals surface area contributed by atoms with Gasteiger partial charge in [-0.2, -0.15) is 0 Å². The van der Waals surface area contributed by atoms with Crippen LogP contribution in [0.2, 0.25) is 0 Å². The van der Waals surface area contributed by atoms with E-state index in [2.05, 4.69) is 15.5 Å². The molecular formula is C20H21F2N5O. The highest BCUT2D eigenvalue weighted by Gasteiger charge is 2.29. The van der Waals surface area contributed by atoms with Gasteiger partial charge in [0.25, 0.3) is 0 Å². The van der Waals surface area contributed by atoms with E-state index in [1.165, 1.54) is 0 Å². The van der Waals surface area contributed by atoms with Crippen molar-refractivity contribution < 1.29 is 13.6 Å². The highest BCUT2D eigenvalue weighted by Crippen LogP contribution is 2.28. The van der Waals surface area contributed by atoms with Gasteiger partial charge in [0, 0.05) is 18.2 Å². The minimum absolute atomic E-state index is 0.137. The van der Waals surface area contributed by atoms with Crippen LogP contribution in [0, 0.1) is 11.6 Å². The minimum Gasteiger partial charge on any atom is -0.322 e. The molecule has 2 aromatic heterocycles. The third kappa shape index (κ3) is 3.60. The standard InChI is InChI=1S/C20H21F2N5O/c1-13(20(28)23-17-12-15(21)5-6-16(17)22)26-10-7-14(8-11-26)19-25-24-18-4-2-3-9-27(18)19/h2-6,9,12-14H,7-8,10-11H2,1H3,(H,23,28)/t13-/m0/s1. The molecule has 4 rings (SSSR count). The van der Waals surface area contributed by atoms with Crippen LogP contribution >= 0.6 is 0 Å². The van der Waals surface area contributed by atoms with Crippen LogP contribution in [0.3, 0.4) is 0 Å². The molecule has 0 unspecified atom stereocenters. The van der Waals surface area contributed by atoms with Gasteiger partial charge >= 0.3 is 0 Å². The van der Waals surface area contributed by atoms with Gasteiger partial charge in [0.2, 0.25) is 5.91 Å². The summed E-state index contributed by atoms with van der Waals surface area (Å²) in [4.78, 5) is 14.5. The molecule has 1 fully saturated rings. The number of pyridine rings is 1. The molecule has 0 spiro atoms. The van der Waals surface area contributed by atoms with Crippen LogP contribution in [0.5, 0.6) is 0 Å². The molecule has 1 aliphatic rings. The van der Waals surface area contributed by atoms with Gasteiger partial charge < -0.3 is 5.32 Å². The molecule has 1 saturated heterocycles. The zero-order valence-electron chi connectivity index (χ0n) is 15.5. The van der Waals surface area contributed by atoms with Crippen molar-refractivity contribution in [1.29, 1.82) is 0 Å². The fourth-order valence-corrected chi connectivity index (χ4v) is 3.68. The van der Waals surface area contributed by atoms with E-state index in [4.69, 9.17) is 0 Å². The number of fused-ring (bicyclic) bond motifs is 1. The number of likely N-dealkylation sites (tertiary alicyclic amines) is 1. The first-order valence-electron chi connectivity index (χ1n) is 9.32. The second-order valence-corrected chi connectivity index (χ2v) is 7.09. The lowest BCUT2D eigenvalue weighted by atomic mass is 9.95. The van der Waals surface area contributed by atoms with Gasteiger partial charge in [-0.1, -0.05) is 6.07 Å². The van der Waals surface area contributed by atoms with E-state index in [0.717, 1.165) is 42.5 Å². The number of halogens is 2. The Labute approximate surface area is 161 Å². The lowest BCUT2D eigenvalue weighted by molar-refractivity contribution is -0.121. The normalized spacial score (nSPS) is 17.0. The van der Waals surface area contributed by atoms with Gasteiger partial charge in [-0.15, -0.1) is 10.2 Å². The van der Waals surface area contributed by atoms with Crippen LogP contribution in [0.15, 0.2) is 42.6 Å². The van der Waals surface area contributed by atoms with E-state index in [1.807, 2.05) is 33.7 Å². The molecule has 0 aliphatic carbocycles. The second kappa shape index (κ2) is 7.63. The number of hydrogen-bond acceptors (Lipinski definition) is 4. The Hall–Kier alpha value is -2.87. The Morgan fingerprint density at radius 2 is 1.96 bits per heavy atom. The highest BCUT2D eigenvalue weighted by molar-refractivity contribution is 5.94. The van der Waals surface area contributed by atoms with E-state index in [1.54, 1.807) is 6.92 Å². The average Bonchev–Trinajstić information content (AvgIpc) is 3.14. The van der Waals surface area contributed by atoms with E-state index in [9.17, 15) is 13.6 Å². The van der Waals surface area contributed by atoms with Gasteiger partial charge in [-0.05, 0) is 57.1 Å². The van der Waals surface area contributed by atoms with Crippen LogP contribution < -0.4 is 5.32 Å². The maximum absolute atomic E-state index is 13.8. The monoisotopic (exact) mass is 385 g/mol. The fraction of sp³-hybridized carbons (Fsp3) is 0.350. The lowest BCUT2D eigenvalue weighted by Gasteiger charge is -2.34. The molecule has 1 N–H and O–H groups in total. The highest BCUT2D eigenvalue weighted by atomic mass is 19.1. The van der Waals surface area contributed by atoms with Crippen molar-refractivity contribution in [3.05, 3.63) is 60.1 Å². The molecule has 3 heterocycles. The number of aromatic nitrogens is 3. The summed E-state index contributed by atoms with van der Waals surface area (Å²) in [5.74, 6) is -0.389. The SMILES string of the molecule is C[C@@H](C(=O)Nc1cc(F)ccc1F)N1CCC(c2nnc3ccccn23)CC1. The van der Waals surface area contributed by atoms with Crippen molar-refractivity contribution in [3.8, 4) is 0 Å². The largest absolute Gasteiger partial charge is 0.322 e. The zero-order valence-corrected chi connectivity index (χ0v) is 15.5. The van der Waals surface area contributed by atoms with Crippen LogP contribution in [0.25, 0.3) is 5.65 Å². The van der Waals surface area contributed by atoms with Gasteiger partial charge in [0.05, 0.1) is 11.7 Å². The van der Waals surface area contributed by atoms with Gasteiger partial charge in [0.15, 0.2) is 5.65 Å². The summed E-state index contributed by atoms with van der Waals surface area (Å²) in [6, 6.07) is 8.37. The number of benzene rings is 1. The van der Waals surface area contributed by atoms with Crippen LogP contribution in [-0.4, -0.2) is 44.5 Å². The second-order valence-electron chi connectivity index (χ2n) is 7.09. The molecule has 8 heteroatoms. The first kappa shape index (κ1) is 18.5. The Balaban J connectivity index is 1.39. The third-order valence-corrected chi connectivity index (χ3v) is 5.35. The maximum Gasteiger partial charge on any atom is 0.241 e. The topological polar surface area (TPSA) is 62.5 Å². The summed E-state index contributed by atoms with van der Waals surface area (Å²) < 4.78 is 29.1. The molecule has 0 radical (unpaired) electrons. The number of anilines is 1. The Kier molecular flexibility index (Phi) is 5.04. The fourth-order valence-electron chi connectivity index (χ4n) is 3.68. The van der Waals surface area contributed by atoms with Gasteiger partial charge in [-0.25, -0.2) is 8.78 Å². The summed E-state index contributed by atoms with van der Waals surface area (Å²) in [5, 5.41) is 11.0. The number of piperidine rings is 1. The van der Waals surface area contributed by atoms with Gasteiger partial charge in [0.1, 0.15) is 17.5 Å². The minimum atomic E-state index is -0.653. The quantitative estimate of drug-likeness (QED) is 0.749. The first-order valence-corrected chi connectivity index (χ1v) is 9.32. The lowest BCUT2D eigenvalue weighted by Crippen LogP contribution is -2.46. The molecular weight excluding hydrogens is 364 g/mol. The van der Waals surface area contributed by atoms with E-state index < -0.39 is 17.7 Å². The van der Waals surface area contributed by atoms with Crippen molar-refractivity contribution in [3.63, 3.8) is 0 Å². The average molecular weight is 385 g/mol. The van der Waals surface area contributed by atoms with Crippen LogP contribution in [0.4, 0.5) is 14.5 Å². The summed E-state index contributed by atoms with van der Waals surface area (Å²) in [5.41, 5.74) is 0.687. The first-order chi connectivity index (χ1) is 13.5. The van der Waals surface area contributed by atoms with Crippen molar-refractivity contribution in [2.24, 2.45) is 0 Å². The molecule has 146 valence electrons. The van der Waals surface area contributed by atoms with E-state index >= 15 is 0 Å². The van der Waals surface area contributed by atoms with Crippen molar-refractivity contribution in [1.82, 2.24) is 19.5 Å². The number of rotatable bonds is 4. The third-order valence-electron chi connectivity index (χ3n) is 5.35. The summed E-state index contributed by atoms with van der Waals surface area (Å²) in [7, 11) is 0. The summed E-state index contributed by atoms with van der Waals surface area (Å²) in [6.07, 6.45) is 3.66. The van der Waals surface area contributed by atoms with Crippen molar-refractivity contribution in [2.45, 2.75) is 31.7 Å². The predicted molar refractivity (Wildman–Crippen MR) is 101 cm³/mol. The number of nitrogens with one attached hydrogen (secondary N) is 1. The molecule has 1 aromatic carbocycles. The number of amides is 1. The van der Waals surface area contributed by atoms with E-state index in [-0.39, 0.29) is 17.5 Å². The molecule has 1 aliphatic heterocycles. The number of hydrogen-bond donors (Lipinski definition) is 1. The summed E-state index contributed by atoms with van der Waals surface area (Å²) >= 11 is 0. The Bertz CT molecular complexity index is 997. The van der Waals surface area contributed by atoms with Gasteiger partial charge in [-0.3, -0.25) is 14.1 Å². The van der Waals surface area contributed by atoms with Crippen LogP contribution in [0.1, 0.15) is 31.5 Å². The van der Waals surface area contributed by atoms with Crippen molar-refractivity contribution in [2.75, 3.05) is 18.4 Å². The number of nitrogens with zero attached hydrogens (tertiary/aromatic N) is 4. The molecule has 3 aromatic rings. The Morgan fingerprint density at radius 3 is 2.75 bits per heavy atom. The molecule has 28 heavy (non-hydrogen) atoms. The zero-order chi connectivity index (χ0) is 19.7.